The van der Waals surface area contributed by atoms with Crippen molar-refractivity contribution in [2.45, 2.75) is 57.1 Å². The molecule has 0 aliphatic rings. The molecule has 4 aromatic carbocycles. The van der Waals surface area contributed by atoms with Crippen LogP contribution in [0.25, 0.3) is 0 Å². The number of aryl methyl sites for hydroxylation is 1. The minimum absolute atomic E-state index is 0.0116. The van der Waals surface area contributed by atoms with Gasteiger partial charge < -0.3 is 10.2 Å². The largest absolute Gasteiger partial charge is 0.352 e. The van der Waals surface area contributed by atoms with Crippen molar-refractivity contribution < 1.29 is 18.0 Å². The number of amides is 2. The Labute approximate surface area is 275 Å². The normalized spacial score (nSPS) is 12.6. The first kappa shape index (κ1) is 34.0. The van der Waals surface area contributed by atoms with E-state index in [1.165, 1.54) is 17.0 Å². The van der Waals surface area contributed by atoms with Gasteiger partial charge in [0, 0.05) is 24.0 Å². The number of nitrogens with one attached hydrogen (secondary N) is 1. The number of nitrogens with zero attached hydrogens (tertiary/aromatic N) is 2. The van der Waals surface area contributed by atoms with E-state index in [0.717, 1.165) is 15.4 Å². The van der Waals surface area contributed by atoms with Gasteiger partial charge in [0.05, 0.1) is 15.6 Å². The molecule has 4 rings (SSSR count). The second-order valence-corrected chi connectivity index (χ2v) is 13.7. The van der Waals surface area contributed by atoms with E-state index in [4.69, 9.17) is 23.2 Å². The highest BCUT2D eigenvalue weighted by molar-refractivity contribution is 7.92. The molecule has 45 heavy (non-hydrogen) atoms. The SMILES string of the molecule is CC[C@@H](C)NC(=O)[C@H](Cc1ccccc1)N(Cc1cccc(Cl)c1)C(=O)CN(c1ccccc1Cl)S(=O)(=O)c1ccc(C)cc1. The predicted molar refractivity (Wildman–Crippen MR) is 181 cm³/mol. The van der Waals surface area contributed by atoms with Gasteiger partial charge in [-0.05, 0) is 67.8 Å². The number of para-hydroxylation sites is 1. The van der Waals surface area contributed by atoms with E-state index in [-0.39, 0.29) is 40.5 Å². The van der Waals surface area contributed by atoms with Crippen LogP contribution in [0.2, 0.25) is 10.0 Å². The van der Waals surface area contributed by atoms with E-state index in [1.54, 1.807) is 54.6 Å². The molecule has 0 aromatic heterocycles. The fourth-order valence-electron chi connectivity index (χ4n) is 4.83. The summed E-state index contributed by atoms with van der Waals surface area (Å²) in [6.45, 7) is 5.14. The fraction of sp³-hybridized carbons (Fsp3) is 0.257. The monoisotopic (exact) mass is 665 g/mol. The molecule has 4 aromatic rings. The highest BCUT2D eigenvalue weighted by Gasteiger charge is 2.35. The lowest BCUT2D eigenvalue weighted by molar-refractivity contribution is -0.140. The average molecular weight is 667 g/mol. The van der Waals surface area contributed by atoms with E-state index in [9.17, 15) is 18.0 Å². The van der Waals surface area contributed by atoms with Gasteiger partial charge >= 0.3 is 0 Å². The van der Waals surface area contributed by atoms with Gasteiger partial charge in [-0.15, -0.1) is 0 Å². The van der Waals surface area contributed by atoms with E-state index >= 15 is 0 Å². The van der Waals surface area contributed by atoms with Gasteiger partial charge in [0.25, 0.3) is 10.0 Å². The number of carbonyl (C=O) groups excluding carboxylic acids is 2. The number of anilines is 1. The second-order valence-electron chi connectivity index (χ2n) is 11.0. The number of benzene rings is 4. The summed E-state index contributed by atoms with van der Waals surface area (Å²) < 4.78 is 29.3. The predicted octanol–water partition coefficient (Wildman–Crippen LogP) is 7.05. The summed E-state index contributed by atoms with van der Waals surface area (Å²) in [5, 5.41) is 3.67. The second kappa shape index (κ2) is 15.4. The van der Waals surface area contributed by atoms with Gasteiger partial charge in [-0.2, -0.15) is 0 Å². The molecule has 2 amide bonds. The molecule has 10 heteroatoms. The van der Waals surface area contributed by atoms with Crippen LogP contribution >= 0.6 is 23.2 Å². The zero-order chi connectivity index (χ0) is 32.6. The van der Waals surface area contributed by atoms with Crippen molar-refractivity contribution in [1.29, 1.82) is 0 Å². The first-order valence-electron chi connectivity index (χ1n) is 14.7. The van der Waals surface area contributed by atoms with Crippen LogP contribution < -0.4 is 9.62 Å². The highest BCUT2D eigenvalue weighted by atomic mass is 35.5. The molecule has 0 radical (unpaired) electrons. The summed E-state index contributed by atoms with van der Waals surface area (Å²) >= 11 is 12.8. The third-order valence-electron chi connectivity index (χ3n) is 7.52. The average Bonchev–Trinajstić information content (AvgIpc) is 3.02. The molecule has 7 nitrogen and oxygen atoms in total. The van der Waals surface area contributed by atoms with Crippen molar-refractivity contribution in [3.63, 3.8) is 0 Å². The molecule has 0 aliphatic carbocycles. The van der Waals surface area contributed by atoms with Crippen molar-refractivity contribution in [3.8, 4) is 0 Å². The number of carbonyl (C=O) groups is 2. The van der Waals surface area contributed by atoms with Crippen LogP contribution in [0.15, 0.2) is 108 Å². The Morgan fingerprint density at radius 3 is 2.13 bits per heavy atom. The molecule has 1 N–H and O–H groups in total. The molecule has 0 saturated carbocycles. The number of sulfonamides is 1. The van der Waals surface area contributed by atoms with Crippen LogP contribution in [0.4, 0.5) is 5.69 Å². The minimum atomic E-state index is -4.25. The summed E-state index contributed by atoms with van der Waals surface area (Å²) in [6.07, 6.45) is 0.910. The molecule has 236 valence electrons. The van der Waals surface area contributed by atoms with E-state index in [0.29, 0.717) is 17.0 Å². The molecule has 0 spiro atoms. The molecule has 0 fully saturated rings. The lowest BCUT2D eigenvalue weighted by Gasteiger charge is -2.34. The van der Waals surface area contributed by atoms with Crippen molar-refractivity contribution in [2.24, 2.45) is 0 Å². The molecule has 0 aliphatic heterocycles. The Balaban J connectivity index is 1.82. The topological polar surface area (TPSA) is 86.8 Å². The zero-order valence-corrected chi connectivity index (χ0v) is 27.8. The van der Waals surface area contributed by atoms with E-state index in [2.05, 4.69) is 5.32 Å². The van der Waals surface area contributed by atoms with Gasteiger partial charge in [0.15, 0.2) is 0 Å². The van der Waals surface area contributed by atoms with E-state index < -0.39 is 28.5 Å². The zero-order valence-electron chi connectivity index (χ0n) is 25.5. The summed E-state index contributed by atoms with van der Waals surface area (Å²) in [5.74, 6) is -0.917. The smallest absolute Gasteiger partial charge is 0.264 e. The van der Waals surface area contributed by atoms with Gasteiger partial charge in [-0.1, -0.05) is 102 Å². The first-order chi connectivity index (χ1) is 21.5. The quantitative estimate of drug-likeness (QED) is 0.166. The van der Waals surface area contributed by atoms with Crippen molar-refractivity contribution in [2.75, 3.05) is 10.8 Å². The lowest BCUT2D eigenvalue weighted by atomic mass is 10.0. The van der Waals surface area contributed by atoms with Crippen molar-refractivity contribution in [1.82, 2.24) is 10.2 Å². The van der Waals surface area contributed by atoms with Crippen molar-refractivity contribution >= 4 is 50.7 Å². The molecule has 0 bridgehead atoms. The Morgan fingerprint density at radius 1 is 0.844 bits per heavy atom. The molecular weight excluding hydrogens is 629 g/mol. The van der Waals surface area contributed by atoms with Gasteiger partial charge in [0.2, 0.25) is 11.8 Å². The van der Waals surface area contributed by atoms with Crippen LogP contribution in [0.5, 0.6) is 0 Å². The molecule has 0 unspecified atom stereocenters. The standard InChI is InChI=1S/C35H37Cl2N3O4S/c1-4-26(3)38-35(42)33(22-27-11-6-5-7-12-27)39(23-28-13-10-14-29(36)21-28)34(41)24-40(32-16-9-8-15-31(32)37)45(43,44)30-19-17-25(2)18-20-30/h5-21,26,33H,4,22-24H2,1-3H3,(H,38,42)/t26-,33+/m1/s1. The Hall–Kier alpha value is -3.85. The summed E-state index contributed by atoms with van der Waals surface area (Å²) in [7, 11) is -4.25. The third kappa shape index (κ3) is 8.87. The maximum Gasteiger partial charge on any atom is 0.264 e. The van der Waals surface area contributed by atoms with Crippen LogP contribution in [0.1, 0.15) is 37.0 Å². The molecule has 0 saturated heterocycles. The number of rotatable bonds is 13. The summed E-state index contributed by atoms with van der Waals surface area (Å²) in [6, 6.07) is 28.2. The number of hydrogen-bond donors (Lipinski definition) is 1. The van der Waals surface area contributed by atoms with E-state index in [1.807, 2.05) is 57.2 Å². The van der Waals surface area contributed by atoms with Crippen LogP contribution in [-0.2, 0) is 32.6 Å². The van der Waals surface area contributed by atoms with Crippen LogP contribution in [0, 0.1) is 6.92 Å². The Morgan fingerprint density at radius 2 is 1.49 bits per heavy atom. The summed E-state index contributed by atoms with van der Waals surface area (Å²) in [4.78, 5) is 29.9. The van der Waals surface area contributed by atoms with Gasteiger partial charge in [-0.3, -0.25) is 13.9 Å². The Bertz CT molecular complexity index is 1720. The fourth-order valence-corrected chi connectivity index (χ4v) is 6.77. The number of hydrogen-bond acceptors (Lipinski definition) is 4. The van der Waals surface area contributed by atoms with Gasteiger partial charge in [0.1, 0.15) is 12.6 Å². The minimum Gasteiger partial charge on any atom is -0.352 e. The Kier molecular flexibility index (Phi) is 11.7. The van der Waals surface area contributed by atoms with Gasteiger partial charge in [-0.25, -0.2) is 8.42 Å². The van der Waals surface area contributed by atoms with Crippen molar-refractivity contribution in [3.05, 3.63) is 130 Å². The third-order valence-corrected chi connectivity index (χ3v) is 9.85. The number of halogens is 2. The first-order valence-corrected chi connectivity index (χ1v) is 16.9. The molecular formula is C35H37Cl2N3O4S. The highest BCUT2D eigenvalue weighted by Crippen LogP contribution is 2.31. The maximum atomic E-state index is 14.5. The summed E-state index contributed by atoms with van der Waals surface area (Å²) in [5.41, 5.74) is 2.58. The van der Waals surface area contributed by atoms with Crippen LogP contribution in [-0.4, -0.2) is 43.8 Å². The molecule has 0 heterocycles. The maximum absolute atomic E-state index is 14.5. The van der Waals surface area contributed by atoms with Crippen LogP contribution in [0.3, 0.4) is 0 Å². The molecule has 2 atom stereocenters. The lowest BCUT2D eigenvalue weighted by Crippen LogP contribution is -2.54.